The van der Waals surface area contributed by atoms with Gasteiger partial charge in [-0.3, -0.25) is 4.98 Å². The summed E-state index contributed by atoms with van der Waals surface area (Å²) in [7, 11) is 1.49. The largest absolute Gasteiger partial charge is 0.480 e. The zero-order valence-electron chi connectivity index (χ0n) is 14.2. The van der Waals surface area contributed by atoms with Gasteiger partial charge in [-0.2, -0.15) is 5.10 Å². The number of benzene rings is 1. The molecule has 0 saturated carbocycles. The summed E-state index contributed by atoms with van der Waals surface area (Å²) in [6, 6.07) is 4.79. The van der Waals surface area contributed by atoms with Crippen LogP contribution in [0.2, 0.25) is 0 Å². The highest BCUT2D eigenvalue weighted by molar-refractivity contribution is 5.90. The predicted molar refractivity (Wildman–Crippen MR) is 94.0 cm³/mol. The van der Waals surface area contributed by atoms with Crippen molar-refractivity contribution in [1.29, 1.82) is 0 Å². The minimum atomic E-state index is -0.395. The van der Waals surface area contributed by atoms with Crippen molar-refractivity contribution in [3.8, 4) is 28.3 Å². The van der Waals surface area contributed by atoms with Crippen LogP contribution in [0.3, 0.4) is 0 Å². The van der Waals surface area contributed by atoms with Crippen LogP contribution in [0.4, 0.5) is 4.39 Å². The van der Waals surface area contributed by atoms with Crippen LogP contribution in [-0.2, 0) is 6.54 Å². The summed E-state index contributed by atoms with van der Waals surface area (Å²) < 4.78 is 21.4. The first-order valence-corrected chi connectivity index (χ1v) is 8.04. The number of rotatable bonds is 4. The van der Waals surface area contributed by atoms with E-state index in [1.54, 1.807) is 24.7 Å². The molecule has 0 aliphatic rings. The standard InChI is InChI=1S/C18H15FN6O/c1-3-25-10-21-17-13(7-22-24-18(17)25)11-4-5-14(19)12(6-11)15-8-20-9-16(23-15)26-2/h4-10H,3H2,1-2H3. The molecule has 1 aromatic carbocycles. The molecular formula is C18H15FN6O. The third-order valence-corrected chi connectivity index (χ3v) is 4.12. The monoisotopic (exact) mass is 350 g/mol. The van der Waals surface area contributed by atoms with Crippen LogP contribution < -0.4 is 4.74 Å². The molecule has 7 nitrogen and oxygen atoms in total. The van der Waals surface area contributed by atoms with Gasteiger partial charge in [0.2, 0.25) is 5.88 Å². The summed E-state index contributed by atoms with van der Waals surface area (Å²) in [5.41, 5.74) is 3.68. The number of hydrogen-bond donors (Lipinski definition) is 0. The van der Waals surface area contributed by atoms with Gasteiger partial charge >= 0.3 is 0 Å². The molecule has 3 aromatic heterocycles. The fourth-order valence-electron chi connectivity index (χ4n) is 2.78. The smallest absolute Gasteiger partial charge is 0.232 e. The number of aryl methyl sites for hydroxylation is 1. The molecule has 0 spiro atoms. The second-order valence-electron chi connectivity index (χ2n) is 5.60. The molecule has 0 aliphatic carbocycles. The highest BCUT2D eigenvalue weighted by atomic mass is 19.1. The number of imidazole rings is 1. The number of aromatic nitrogens is 6. The van der Waals surface area contributed by atoms with Crippen molar-refractivity contribution in [1.82, 2.24) is 29.7 Å². The zero-order valence-corrected chi connectivity index (χ0v) is 14.2. The lowest BCUT2D eigenvalue weighted by Gasteiger charge is -2.08. The zero-order chi connectivity index (χ0) is 18.1. The van der Waals surface area contributed by atoms with E-state index in [0.717, 1.165) is 23.2 Å². The normalized spacial score (nSPS) is 11.0. The quantitative estimate of drug-likeness (QED) is 0.563. The Kier molecular flexibility index (Phi) is 4.00. The number of hydrogen-bond acceptors (Lipinski definition) is 6. The van der Waals surface area contributed by atoms with Crippen LogP contribution in [0.25, 0.3) is 33.5 Å². The Morgan fingerprint density at radius 3 is 2.85 bits per heavy atom. The topological polar surface area (TPSA) is 78.6 Å². The molecule has 3 heterocycles. The first-order chi connectivity index (χ1) is 12.7. The maximum Gasteiger partial charge on any atom is 0.232 e. The van der Waals surface area contributed by atoms with Gasteiger partial charge in [-0.15, -0.1) is 5.10 Å². The summed E-state index contributed by atoms with van der Waals surface area (Å²) >= 11 is 0. The molecule has 0 saturated heterocycles. The molecule has 0 N–H and O–H groups in total. The van der Waals surface area contributed by atoms with Crippen LogP contribution in [0, 0.1) is 5.82 Å². The summed E-state index contributed by atoms with van der Waals surface area (Å²) in [5.74, 6) is -0.0735. The number of fused-ring (bicyclic) bond motifs is 1. The first kappa shape index (κ1) is 16.1. The Morgan fingerprint density at radius 1 is 1.15 bits per heavy atom. The van der Waals surface area contributed by atoms with E-state index in [9.17, 15) is 4.39 Å². The molecule has 0 fully saturated rings. The number of ether oxygens (including phenoxy) is 1. The molecular weight excluding hydrogens is 335 g/mol. The van der Waals surface area contributed by atoms with Crippen molar-refractivity contribution >= 4 is 11.2 Å². The Hall–Kier alpha value is -3.42. The van der Waals surface area contributed by atoms with Gasteiger partial charge in [0, 0.05) is 17.7 Å². The van der Waals surface area contributed by atoms with Crippen molar-refractivity contribution in [2.75, 3.05) is 7.11 Å². The first-order valence-electron chi connectivity index (χ1n) is 8.04. The highest BCUT2D eigenvalue weighted by Crippen LogP contribution is 2.31. The maximum atomic E-state index is 14.4. The Bertz CT molecular complexity index is 1090. The third-order valence-electron chi connectivity index (χ3n) is 4.12. The van der Waals surface area contributed by atoms with Gasteiger partial charge in [0.05, 0.1) is 37.7 Å². The second-order valence-corrected chi connectivity index (χ2v) is 5.60. The molecule has 0 amide bonds. The second kappa shape index (κ2) is 6.47. The molecule has 4 aromatic rings. The molecule has 0 bridgehead atoms. The predicted octanol–water partition coefficient (Wildman–Crippen LogP) is 3.12. The Balaban J connectivity index is 1.88. The Labute approximate surface area is 148 Å². The summed E-state index contributed by atoms with van der Waals surface area (Å²) in [5, 5.41) is 8.23. The summed E-state index contributed by atoms with van der Waals surface area (Å²) in [6.45, 7) is 2.75. The molecule has 8 heteroatoms. The molecule has 0 aliphatic heterocycles. The van der Waals surface area contributed by atoms with Gasteiger partial charge in [-0.05, 0) is 24.6 Å². The summed E-state index contributed by atoms with van der Waals surface area (Å²) in [6.07, 6.45) is 6.32. The molecule has 0 radical (unpaired) electrons. The molecule has 26 heavy (non-hydrogen) atoms. The average molecular weight is 350 g/mol. The lowest BCUT2D eigenvalue weighted by molar-refractivity contribution is 0.396. The SMILES string of the molecule is CCn1cnc2c(-c3ccc(F)c(-c4cncc(OC)n4)c3)cnnc21. The number of halogens is 1. The fourth-order valence-corrected chi connectivity index (χ4v) is 2.78. The van der Waals surface area contributed by atoms with Crippen LogP contribution >= 0.6 is 0 Å². The number of nitrogens with zero attached hydrogens (tertiary/aromatic N) is 6. The lowest BCUT2D eigenvalue weighted by Crippen LogP contribution is -1.96. The van der Waals surface area contributed by atoms with Gasteiger partial charge in [0.1, 0.15) is 11.3 Å². The number of methoxy groups -OCH3 is 1. The van der Waals surface area contributed by atoms with Crippen molar-refractivity contribution in [3.63, 3.8) is 0 Å². The Morgan fingerprint density at radius 2 is 2.04 bits per heavy atom. The summed E-state index contributed by atoms with van der Waals surface area (Å²) in [4.78, 5) is 12.7. The van der Waals surface area contributed by atoms with Crippen LogP contribution in [-0.4, -0.2) is 36.8 Å². The van der Waals surface area contributed by atoms with Crippen molar-refractivity contribution in [2.45, 2.75) is 13.5 Å². The molecule has 4 rings (SSSR count). The van der Waals surface area contributed by atoms with Crippen molar-refractivity contribution in [2.24, 2.45) is 0 Å². The fraction of sp³-hybridized carbons (Fsp3) is 0.167. The molecule has 0 unspecified atom stereocenters. The van der Waals surface area contributed by atoms with Gasteiger partial charge in [0.15, 0.2) is 5.65 Å². The van der Waals surface area contributed by atoms with Gasteiger partial charge in [0.25, 0.3) is 0 Å². The van der Waals surface area contributed by atoms with E-state index >= 15 is 0 Å². The van der Waals surface area contributed by atoms with E-state index < -0.39 is 5.82 Å². The molecule has 0 atom stereocenters. The van der Waals surface area contributed by atoms with Crippen molar-refractivity contribution < 1.29 is 9.13 Å². The highest BCUT2D eigenvalue weighted by Gasteiger charge is 2.14. The minimum Gasteiger partial charge on any atom is -0.480 e. The van der Waals surface area contributed by atoms with E-state index in [1.807, 2.05) is 11.5 Å². The van der Waals surface area contributed by atoms with E-state index in [-0.39, 0.29) is 0 Å². The maximum absolute atomic E-state index is 14.4. The van der Waals surface area contributed by atoms with E-state index in [1.165, 1.54) is 25.6 Å². The van der Waals surface area contributed by atoms with Crippen LogP contribution in [0.1, 0.15) is 6.92 Å². The van der Waals surface area contributed by atoms with Gasteiger partial charge < -0.3 is 9.30 Å². The average Bonchev–Trinajstić information content (AvgIpc) is 3.12. The van der Waals surface area contributed by atoms with Crippen molar-refractivity contribution in [3.05, 3.63) is 48.9 Å². The van der Waals surface area contributed by atoms with E-state index in [2.05, 4.69) is 25.1 Å². The van der Waals surface area contributed by atoms with Gasteiger partial charge in [-0.1, -0.05) is 6.07 Å². The lowest BCUT2D eigenvalue weighted by atomic mass is 10.0. The minimum absolute atomic E-state index is 0.321. The van der Waals surface area contributed by atoms with Crippen LogP contribution in [0.15, 0.2) is 43.1 Å². The van der Waals surface area contributed by atoms with Crippen LogP contribution in [0.5, 0.6) is 5.88 Å². The van der Waals surface area contributed by atoms with Gasteiger partial charge in [-0.25, -0.2) is 14.4 Å². The molecule has 130 valence electrons. The van der Waals surface area contributed by atoms with E-state index in [4.69, 9.17) is 4.74 Å². The third kappa shape index (κ3) is 2.65. The van der Waals surface area contributed by atoms with E-state index in [0.29, 0.717) is 22.8 Å².